The molecule has 0 unspecified atom stereocenters. The fraction of sp³-hybridized carbons (Fsp3) is 0. The van der Waals surface area contributed by atoms with Crippen molar-refractivity contribution in [3.63, 3.8) is 0 Å². The summed E-state index contributed by atoms with van der Waals surface area (Å²) in [6.45, 7) is 0. The number of rotatable bonds is 1. The maximum absolute atomic E-state index is 8.74. The van der Waals surface area contributed by atoms with Crippen LogP contribution in [-0.2, 0) is 25.8 Å². The zero-order chi connectivity index (χ0) is 12.4. The van der Waals surface area contributed by atoms with Crippen molar-refractivity contribution in [3.8, 4) is 0 Å². The molecule has 6 N–H and O–H groups in total. The van der Waals surface area contributed by atoms with Crippen LogP contribution >= 0.6 is 0 Å². The van der Waals surface area contributed by atoms with E-state index in [2.05, 4.69) is 4.99 Å². The summed E-state index contributed by atoms with van der Waals surface area (Å²) in [5.41, 5.74) is 5.60. The average Bonchev–Trinajstić information content (AvgIpc) is 1.79. The number of hydrogen-bond acceptors (Lipinski definition) is 8. The molecular formula is H7KN2O10S2. The van der Waals surface area contributed by atoms with E-state index in [0.717, 1.165) is 0 Å². The van der Waals surface area contributed by atoms with Gasteiger partial charge in [0.2, 0.25) is 0 Å². The molecule has 0 amide bonds. The van der Waals surface area contributed by atoms with E-state index in [1.807, 2.05) is 5.28 Å². The molecule has 0 atom stereocenters. The van der Waals surface area contributed by atoms with E-state index >= 15 is 0 Å². The van der Waals surface area contributed by atoms with Crippen LogP contribution in [0.2, 0.25) is 0 Å². The van der Waals surface area contributed by atoms with Crippen LogP contribution in [0.3, 0.4) is 0 Å². The Balaban J connectivity index is -0.0000000358. The summed E-state index contributed by atoms with van der Waals surface area (Å²) in [6, 6.07) is 0. The van der Waals surface area contributed by atoms with Crippen molar-refractivity contribution in [2.24, 2.45) is 5.28 Å². The van der Waals surface area contributed by atoms with E-state index in [1.165, 1.54) is 0 Å². The van der Waals surface area contributed by atoms with Crippen LogP contribution in [0, 0.1) is 5.53 Å². The van der Waals surface area contributed by atoms with Crippen molar-refractivity contribution in [3.05, 3.63) is 0 Å². The Kier molecular flexibility index (Phi) is 21.2. The summed E-state index contributed by atoms with van der Waals surface area (Å²) in [4.78, 5) is 2.83. The maximum atomic E-state index is 8.74. The number of hydrogen-bond donors (Lipinski definition) is 6. The summed E-state index contributed by atoms with van der Waals surface area (Å²) < 4.78 is 63.2. The largest absolute Gasteiger partial charge is 1.00 e. The Morgan fingerprint density at radius 3 is 1.07 bits per heavy atom. The molecule has 0 aromatic heterocycles. The van der Waals surface area contributed by atoms with E-state index in [1.54, 1.807) is 0 Å². The zero-order valence-corrected chi connectivity index (χ0v) is 11.8. The van der Waals surface area contributed by atoms with Gasteiger partial charge >= 0.3 is 72.2 Å². The Morgan fingerprint density at radius 2 is 1.07 bits per heavy atom. The molecule has 90 valence electrons. The molecule has 0 aromatic carbocycles. The first-order valence-corrected chi connectivity index (χ1v) is 4.78. The van der Waals surface area contributed by atoms with Crippen molar-refractivity contribution in [2.45, 2.75) is 0 Å². The van der Waals surface area contributed by atoms with E-state index in [9.17, 15) is 0 Å². The third-order valence-electron chi connectivity index (χ3n) is 0.0408. The van der Waals surface area contributed by atoms with Crippen LogP contribution in [0.4, 0.5) is 0 Å². The van der Waals surface area contributed by atoms with Crippen LogP contribution in [-0.4, -0.2) is 40.3 Å². The van der Waals surface area contributed by atoms with Crippen LogP contribution in [0.5, 0.6) is 0 Å². The molecule has 0 fully saturated rings. The zero-order valence-electron chi connectivity index (χ0n) is 8.04. The molecule has 0 aromatic rings. The molecule has 0 rings (SSSR count). The molecule has 0 aliphatic heterocycles. The molecule has 15 heteroatoms. The van der Waals surface area contributed by atoms with Crippen LogP contribution in [0.25, 0.3) is 0 Å². The predicted molar refractivity (Wildman–Crippen MR) is 38.3 cm³/mol. The van der Waals surface area contributed by atoms with Gasteiger partial charge in [-0.1, -0.05) is 0 Å². The Morgan fingerprint density at radius 1 is 1.00 bits per heavy atom. The SMILES string of the molecule is N=NOO.O=S(=O)(O)O.O=S(=O)(O)O.[H-].[K+]. The van der Waals surface area contributed by atoms with E-state index < -0.39 is 20.8 Å². The molecule has 15 heavy (non-hydrogen) atoms. The van der Waals surface area contributed by atoms with Gasteiger partial charge in [-0.25, -0.2) is 4.99 Å². The summed E-state index contributed by atoms with van der Waals surface area (Å²) in [7, 11) is -9.33. The standard InChI is InChI=1S/K.H2N2O2.2H2O4S.H/c;1-2-4-3;2*1-5(2,3)4;/h;1,3H;2*(H2,1,2,3,4);/q+1;;;;-1. The van der Waals surface area contributed by atoms with E-state index in [-0.39, 0.29) is 52.8 Å². The first-order valence-electron chi connectivity index (χ1n) is 1.99. The fourth-order valence-corrected chi connectivity index (χ4v) is 0. The first kappa shape index (κ1) is 24.8. The van der Waals surface area contributed by atoms with E-state index in [4.69, 9.17) is 45.8 Å². The minimum absolute atomic E-state index is 0. The molecular weight excluding hydrogens is 291 g/mol. The van der Waals surface area contributed by atoms with Crippen molar-refractivity contribution < 1.29 is 98.1 Å². The minimum Gasteiger partial charge on any atom is -1.00 e. The van der Waals surface area contributed by atoms with Gasteiger partial charge in [0.1, 0.15) is 0 Å². The fourth-order valence-electron chi connectivity index (χ4n) is 0. The smallest absolute Gasteiger partial charge is 1.00 e. The third kappa shape index (κ3) is 793. The van der Waals surface area contributed by atoms with Crippen LogP contribution < -0.4 is 51.4 Å². The van der Waals surface area contributed by atoms with Crippen LogP contribution in [0.15, 0.2) is 5.28 Å². The molecule has 0 radical (unpaired) electrons. The van der Waals surface area contributed by atoms with Gasteiger partial charge in [-0.15, -0.1) is 0 Å². The molecule has 0 aliphatic carbocycles. The molecule has 0 bridgehead atoms. The second-order valence-electron chi connectivity index (χ2n) is 1.07. The number of nitrogens with one attached hydrogen (secondary N) is 1. The van der Waals surface area contributed by atoms with Crippen molar-refractivity contribution in [1.82, 2.24) is 0 Å². The van der Waals surface area contributed by atoms with Gasteiger partial charge in [0, 0.05) is 0 Å². The molecule has 0 spiro atoms. The second kappa shape index (κ2) is 12.8. The van der Waals surface area contributed by atoms with Gasteiger partial charge in [-0.2, -0.15) is 27.6 Å². The summed E-state index contributed by atoms with van der Waals surface area (Å²) in [5.74, 6) is 0. The van der Waals surface area contributed by atoms with Crippen LogP contribution in [0.1, 0.15) is 1.43 Å². The summed E-state index contributed by atoms with van der Waals surface area (Å²) in [5, 5.41) is 9.06. The Bertz CT molecular complexity index is 273. The quantitative estimate of drug-likeness (QED) is 0.0912. The van der Waals surface area contributed by atoms with Gasteiger partial charge in [-0.05, 0) is 0 Å². The Labute approximate surface area is 128 Å². The van der Waals surface area contributed by atoms with Crippen molar-refractivity contribution in [2.75, 3.05) is 0 Å². The minimum atomic E-state index is -4.67. The van der Waals surface area contributed by atoms with Gasteiger partial charge in [0.15, 0.2) is 0 Å². The van der Waals surface area contributed by atoms with Crippen molar-refractivity contribution >= 4 is 20.8 Å². The molecule has 0 saturated heterocycles. The maximum Gasteiger partial charge on any atom is 1.00 e. The number of nitrogens with zero attached hydrogens (tertiary/aromatic N) is 1. The second-order valence-corrected chi connectivity index (χ2v) is 2.86. The molecule has 0 saturated carbocycles. The van der Waals surface area contributed by atoms with Gasteiger partial charge in [-0.3, -0.25) is 18.2 Å². The summed E-state index contributed by atoms with van der Waals surface area (Å²) >= 11 is 0. The predicted octanol–water partition coefficient (Wildman–Crippen LogP) is -3.77. The first-order chi connectivity index (χ1) is 5.91. The third-order valence-corrected chi connectivity index (χ3v) is 0.0408. The molecule has 12 nitrogen and oxygen atoms in total. The van der Waals surface area contributed by atoms with Gasteiger partial charge in [0.05, 0.1) is 5.28 Å². The normalized spacial score (nSPS) is 9.13. The van der Waals surface area contributed by atoms with Crippen molar-refractivity contribution in [1.29, 1.82) is 5.53 Å². The van der Waals surface area contributed by atoms with Gasteiger partial charge < -0.3 is 1.43 Å². The average molecular weight is 298 g/mol. The molecule has 0 aliphatic rings. The van der Waals surface area contributed by atoms with E-state index in [0.29, 0.717) is 0 Å². The Hall–Kier alpha value is 0.736. The monoisotopic (exact) mass is 298 g/mol. The topological polar surface area (TPSA) is 215 Å². The van der Waals surface area contributed by atoms with Gasteiger partial charge in [0.25, 0.3) is 0 Å². The summed E-state index contributed by atoms with van der Waals surface area (Å²) in [6.07, 6.45) is 0. The molecule has 0 heterocycles.